The Labute approximate surface area is 142 Å². The molecule has 0 unspecified atom stereocenters. The molecule has 0 spiro atoms. The minimum atomic E-state index is -0.0227. The molecule has 128 valence electrons. The van der Waals surface area contributed by atoms with Crippen LogP contribution in [0.4, 0.5) is 0 Å². The second kappa shape index (κ2) is 10.8. The summed E-state index contributed by atoms with van der Waals surface area (Å²) in [4.78, 5) is 12.1. The summed E-state index contributed by atoms with van der Waals surface area (Å²) in [7, 11) is 0. The van der Waals surface area contributed by atoms with E-state index in [1.165, 1.54) is 5.56 Å². The molecule has 0 bridgehead atoms. The molecule has 0 heterocycles. The Bertz CT molecular complexity index is 516. The molecule has 0 aromatic heterocycles. The molecule has 23 heavy (non-hydrogen) atoms. The van der Waals surface area contributed by atoms with Gasteiger partial charge in [-0.05, 0) is 43.4 Å². The van der Waals surface area contributed by atoms with E-state index >= 15 is 0 Å². The van der Waals surface area contributed by atoms with Crippen molar-refractivity contribution in [3.8, 4) is 0 Å². The molecule has 0 aliphatic heterocycles. The molecule has 1 aromatic carbocycles. The lowest BCUT2D eigenvalue weighted by Crippen LogP contribution is -2.25. The van der Waals surface area contributed by atoms with Crippen LogP contribution in [-0.2, 0) is 6.42 Å². The van der Waals surface area contributed by atoms with Gasteiger partial charge in [-0.2, -0.15) is 0 Å². The molecule has 0 atom stereocenters. The summed E-state index contributed by atoms with van der Waals surface area (Å²) >= 11 is 0. The van der Waals surface area contributed by atoms with Gasteiger partial charge < -0.3 is 5.32 Å². The molecule has 0 saturated heterocycles. The molecule has 1 N–H and O–H groups in total. The highest BCUT2D eigenvalue weighted by molar-refractivity contribution is 5.94. The molecule has 0 aliphatic rings. The van der Waals surface area contributed by atoms with Crippen molar-refractivity contribution in [1.29, 1.82) is 0 Å². The number of allylic oxidation sites excluding steroid dienone is 3. The van der Waals surface area contributed by atoms with Gasteiger partial charge in [-0.15, -0.1) is 0 Å². The quantitative estimate of drug-likeness (QED) is 0.709. The highest BCUT2D eigenvalue weighted by atomic mass is 16.1. The van der Waals surface area contributed by atoms with Gasteiger partial charge in [0.15, 0.2) is 0 Å². The lowest BCUT2D eigenvalue weighted by atomic mass is 9.88. The van der Waals surface area contributed by atoms with Crippen molar-refractivity contribution in [3.05, 3.63) is 59.2 Å². The van der Waals surface area contributed by atoms with Gasteiger partial charge in [0, 0.05) is 12.1 Å². The number of carbonyl (C=O) groups is 1. The number of nitrogens with one attached hydrogen (secondary N) is 1. The van der Waals surface area contributed by atoms with Crippen molar-refractivity contribution in [2.45, 2.75) is 54.9 Å². The predicted molar refractivity (Wildman–Crippen MR) is 102 cm³/mol. The highest BCUT2D eigenvalue weighted by Gasteiger charge is 2.12. The van der Waals surface area contributed by atoms with Crippen LogP contribution >= 0.6 is 0 Å². The number of amides is 1. The number of hydrogen-bond acceptors (Lipinski definition) is 1. The molecule has 0 aliphatic carbocycles. The first kappa shape index (κ1) is 21.2. The Balaban J connectivity index is 0.00000232. The van der Waals surface area contributed by atoms with E-state index in [4.69, 9.17) is 0 Å². The molecular weight excluding hydrogens is 282 g/mol. The first-order valence-corrected chi connectivity index (χ1v) is 8.47. The maximum atomic E-state index is 12.1. The summed E-state index contributed by atoms with van der Waals surface area (Å²) in [5.41, 5.74) is 3.37. The van der Waals surface area contributed by atoms with Crippen LogP contribution in [0.2, 0.25) is 0 Å². The summed E-state index contributed by atoms with van der Waals surface area (Å²) < 4.78 is 0. The van der Waals surface area contributed by atoms with E-state index in [1.54, 1.807) is 0 Å². The van der Waals surface area contributed by atoms with E-state index in [0.29, 0.717) is 12.1 Å². The van der Waals surface area contributed by atoms with E-state index in [0.717, 1.165) is 12.0 Å². The van der Waals surface area contributed by atoms with Crippen LogP contribution in [0, 0.1) is 5.41 Å². The van der Waals surface area contributed by atoms with Crippen molar-refractivity contribution in [2.75, 3.05) is 6.54 Å². The fourth-order valence-corrected chi connectivity index (χ4v) is 2.03. The van der Waals surface area contributed by atoms with Crippen LogP contribution in [0.15, 0.2) is 48.1 Å². The summed E-state index contributed by atoms with van der Waals surface area (Å²) in [6.45, 7) is 15.2. The zero-order valence-electron chi connectivity index (χ0n) is 15.9. The van der Waals surface area contributed by atoms with E-state index < -0.39 is 0 Å². The zero-order valence-corrected chi connectivity index (χ0v) is 15.9. The number of carbonyl (C=O) groups excluding carboxylic acids is 1. The molecular formula is C21H33NO. The van der Waals surface area contributed by atoms with Crippen molar-refractivity contribution in [3.63, 3.8) is 0 Å². The Kier molecular flexibility index (Phi) is 9.96. The van der Waals surface area contributed by atoms with E-state index in [1.807, 2.05) is 70.2 Å². The third-order valence-corrected chi connectivity index (χ3v) is 3.05. The Morgan fingerprint density at radius 2 is 1.70 bits per heavy atom. The van der Waals surface area contributed by atoms with Crippen molar-refractivity contribution >= 4 is 5.91 Å². The fraction of sp³-hybridized carbons (Fsp3) is 0.476. The summed E-state index contributed by atoms with van der Waals surface area (Å²) in [6, 6.07) is 7.90. The van der Waals surface area contributed by atoms with Gasteiger partial charge >= 0.3 is 0 Å². The maximum Gasteiger partial charge on any atom is 0.251 e. The summed E-state index contributed by atoms with van der Waals surface area (Å²) in [6.07, 6.45) is 6.97. The van der Waals surface area contributed by atoms with Crippen LogP contribution in [0.3, 0.4) is 0 Å². The van der Waals surface area contributed by atoms with Crippen LogP contribution in [0.5, 0.6) is 0 Å². The predicted octanol–water partition coefficient (Wildman–Crippen LogP) is 5.55. The topological polar surface area (TPSA) is 29.1 Å². The van der Waals surface area contributed by atoms with Crippen molar-refractivity contribution in [1.82, 2.24) is 5.32 Å². The average molecular weight is 316 g/mol. The van der Waals surface area contributed by atoms with Gasteiger partial charge in [-0.25, -0.2) is 0 Å². The molecule has 1 amide bonds. The van der Waals surface area contributed by atoms with Gasteiger partial charge in [0.05, 0.1) is 0 Å². The minimum absolute atomic E-state index is 0.0227. The Hall–Kier alpha value is -1.83. The van der Waals surface area contributed by atoms with Gasteiger partial charge in [0.25, 0.3) is 5.91 Å². The second-order valence-corrected chi connectivity index (χ2v) is 6.66. The SMILES string of the molecule is C/C=C\C=C(/C)CNC(=O)c1ccc(CC(C)(C)C)cc1.CC. The van der Waals surface area contributed by atoms with Crippen molar-refractivity contribution in [2.24, 2.45) is 5.41 Å². The lowest BCUT2D eigenvalue weighted by molar-refractivity contribution is 0.0957. The Morgan fingerprint density at radius 1 is 1.13 bits per heavy atom. The minimum Gasteiger partial charge on any atom is -0.348 e. The van der Waals surface area contributed by atoms with E-state index in [-0.39, 0.29) is 11.3 Å². The van der Waals surface area contributed by atoms with Crippen LogP contribution in [-0.4, -0.2) is 12.5 Å². The van der Waals surface area contributed by atoms with Gasteiger partial charge in [0.1, 0.15) is 0 Å². The molecule has 2 nitrogen and oxygen atoms in total. The highest BCUT2D eigenvalue weighted by Crippen LogP contribution is 2.20. The molecule has 1 rings (SSSR count). The first-order valence-electron chi connectivity index (χ1n) is 8.47. The second-order valence-electron chi connectivity index (χ2n) is 6.66. The normalized spacial score (nSPS) is 11.9. The van der Waals surface area contributed by atoms with Crippen LogP contribution < -0.4 is 5.32 Å². The van der Waals surface area contributed by atoms with Gasteiger partial charge in [-0.1, -0.05) is 70.6 Å². The third-order valence-electron chi connectivity index (χ3n) is 3.05. The fourth-order valence-electron chi connectivity index (χ4n) is 2.03. The van der Waals surface area contributed by atoms with Gasteiger partial charge in [-0.3, -0.25) is 4.79 Å². The number of hydrogen-bond donors (Lipinski definition) is 1. The number of benzene rings is 1. The van der Waals surface area contributed by atoms with Crippen LogP contribution in [0.1, 0.15) is 64.4 Å². The van der Waals surface area contributed by atoms with E-state index in [2.05, 4.69) is 26.1 Å². The standard InChI is InChI=1S/C19H27NO.C2H6/c1-6-7-8-15(2)14-20-18(21)17-11-9-16(10-12-17)13-19(3,4)5;1-2/h6-12H,13-14H2,1-5H3,(H,20,21);1-2H3/b7-6-,15-8+;. The summed E-state index contributed by atoms with van der Waals surface area (Å²) in [5.74, 6) is -0.0227. The molecule has 0 radical (unpaired) electrons. The van der Waals surface area contributed by atoms with E-state index in [9.17, 15) is 4.79 Å². The smallest absolute Gasteiger partial charge is 0.251 e. The first-order chi connectivity index (χ1) is 10.8. The largest absolute Gasteiger partial charge is 0.348 e. The van der Waals surface area contributed by atoms with Crippen LogP contribution in [0.25, 0.3) is 0 Å². The lowest BCUT2D eigenvalue weighted by Gasteiger charge is -2.18. The molecule has 0 saturated carbocycles. The molecule has 0 fully saturated rings. The monoisotopic (exact) mass is 315 g/mol. The van der Waals surface area contributed by atoms with Crippen molar-refractivity contribution < 1.29 is 4.79 Å². The molecule has 1 aromatic rings. The molecule has 2 heteroatoms. The Morgan fingerprint density at radius 3 is 2.17 bits per heavy atom. The third kappa shape index (κ3) is 9.72. The van der Waals surface area contributed by atoms with Gasteiger partial charge in [0.2, 0.25) is 0 Å². The zero-order chi connectivity index (χ0) is 17.9. The summed E-state index contributed by atoms with van der Waals surface area (Å²) in [5, 5.41) is 2.93. The average Bonchev–Trinajstić information content (AvgIpc) is 2.51. The maximum absolute atomic E-state index is 12.1. The number of rotatable bonds is 5.